The van der Waals surface area contributed by atoms with Gasteiger partial charge < -0.3 is 19.8 Å². The second kappa shape index (κ2) is 11.5. The van der Waals surface area contributed by atoms with Crippen LogP contribution in [0.4, 0.5) is 0 Å². The fraction of sp³-hybridized carbons (Fsp3) is 0.581. The van der Waals surface area contributed by atoms with E-state index in [1.54, 1.807) is 16.7 Å². The molecule has 8 heteroatoms. The Morgan fingerprint density at radius 2 is 1.77 bits per heavy atom. The van der Waals surface area contributed by atoms with Gasteiger partial charge in [-0.3, -0.25) is 14.4 Å². The number of thioether (sulfide) groups is 1. The average molecular weight is 552 g/mol. The summed E-state index contributed by atoms with van der Waals surface area (Å²) in [6.07, 6.45) is 10.7. The van der Waals surface area contributed by atoms with Gasteiger partial charge in [-0.2, -0.15) is 0 Å². The van der Waals surface area contributed by atoms with Crippen LogP contribution in [0.5, 0.6) is 0 Å². The van der Waals surface area contributed by atoms with Gasteiger partial charge in [-0.15, -0.1) is 11.8 Å². The molecule has 0 saturated carbocycles. The lowest BCUT2D eigenvalue weighted by atomic mass is 9.78. The Morgan fingerprint density at radius 3 is 2.46 bits per heavy atom. The number of nitrogens with zero attached hydrogens (tertiary/aromatic N) is 3. The smallest absolute Gasteiger partial charge is 0.247 e. The van der Waals surface area contributed by atoms with Crippen molar-refractivity contribution in [2.75, 3.05) is 26.2 Å². The predicted molar refractivity (Wildman–Crippen MR) is 154 cm³/mol. The highest BCUT2D eigenvalue weighted by molar-refractivity contribution is 8.02. The van der Waals surface area contributed by atoms with Crippen LogP contribution in [-0.4, -0.2) is 85.8 Å². The van der Waals surface area contributed by atoms with E-state index in [0.29, 0.717) is 32.6 Å². The van der Waals surface area contributed by atoms with E-state index in [0.717, 1.165) is 18.4 Å². The molecule has 4 heterocycles. The number of rotatable bonds is 9. The highest BCUT2D eigenvalue weighted by Crippen LogP contribution is 2.61. The van der Waals surface area contributed by atoms with E-state index in [4.69, 9.17) is 0 Å². The SMILES string of the molecule is CCCCN1CC=C[C@]23S[C@H]4C=CCN(Cc5ccccc5)C(=O)[C@H]4[C@H]2C(=O)N([C@@H](CO)CC(C)C)C3C1=O. The highest BCUT2D eigenvalue weighted by Gasteiger charge is 2.71. The molecule has 0 bridgehead atoms. The Labute approximate surface area is 236 Å². The summed E-state index contributed by atoms with van der Waals surface area (Å²) in [6, 6.07) is 8.72. The fourth-order valence-electron chi connectivity index (χ4n) is 6.88. The van der Waals surface area contributed by atoms with Crippen molar-refractivity contribution in [3.63, 3.8) is 0 Å². The van der Waals surface area contributed by atoms with E-state index in [9.17, 15) is 19.5 Å². The number of hydrogen-bond donors (Lipinski definition) is 1. The van der Waals surface area contributed by atoms with Crippen molar-refractivity contribution in [3.05, 3.63) is 60.2 Å². The summed E-state index contributed by atoms with van der Waals surface area (Å²) in [6.45, 7) is 8.13. The molecular formula is C31H41N3O4S. The number of benzene rings is 1. The minimum absolute atomic E-state index is 0.0329. The number of aliphatic hydroxyl groups excluding tert-OH is 1. The van der Waals surface area contributed by atoms with Crippen LogP contribution in [0.2, 0.25) is 0 Å². The average Bonchev–Trinajstić information content (AvgIpc) is 3.25. The molecule has 2 saturated heterocycles. The van der Waals surface area contributed by atoms with E-state index >= 15 is 0 Å². The summed E-state index contributed by atoms with van der Waals surface area (Å²) in [4.78, 5) is 48.4. The lowest BCUT2D eigenvalue weighted by molar-refractivity contribution is -0.147. The van der Waals surface area contributed by atoms with E-state index in [2.05, 4.69) is 32.9 Å². The van der Waals surface area contributed by atoms with Gasteiger partial charge in [0, 0.05) is 31.4 Å². The number of hydrogen-bond acceptors (Lipinski definition) is 5. The van der Waals surface area contributed by atoms with Gasteiger partial charge in [0.25, 0.3) is 0 Å². The normalized spacial score (nSPS) is 30.9. The largest absolute Gasteiger partial charge is 0.394 e. The molecule has 7 nitrogen and oxygen atoms in total. The molecule has 1 unspecified atom stereocenters. The monoisotopic (exact) mass is 551 g/mol. The van der Waals surface area contributed by atoms with Crippen LogP contribution in [0.1, 0.15) is 45.6 Å². The number of likely N-dealkylation sites (tertiary alicyclic amines) is 1. The molecule has 0 radical (unpaired) electrons. The van der Waals surface area contributed by atoms with Gasteiger partial charge in [0.05, 0.1) is 29.2 Å². The molecule has 4 aliphatic heterocycles. The first kappa shape index (κ1) is 28.0. The van der Waals surface area contributed by atoms with Crippen molar-refractivity contribution in [3.8, 4) is 0 Å². The molecule has 5 rings (SSSR count). The Bertz CT molecular complexity index is 1140. The van der Waals surface area contributed by atoms with Crippen molar-refractivity contribution >= 4 is 29.5 Å². The number of carbonyl (C=O) groups is 3. The van der Waals surface area contributed by atoms with Gasteiger partial charge in [0.15, 0.2) is 0 Å². The number of unbranched alkanes of at least 4 members (excludes halogenated alkanes) is 1. The minimum Gasteiger partial charge on any atom is -0.394 e. The van der Waals surface area contributed by atoms with Gasteiger partial charge in [-0.1, -0.05) is 81.8 Å². The van der Waals surface area contributed by atoms with E-state index in [-0.39, 0.29) is 35.5 Å². The van der Waals surface area contributed by atoms with Crippen LogP contribution >= 0.6 is 11.8 Å². The summed E-state index contributed by atoms with van der Waals surface area (Å²) in [7, 11) is 0. The predicted octanol–water partition coefficient (Wildman–Crippen LogP) is 3.49. The Kier molecular flexibility index (Phi) is 8.24. The summed E-state index contributed by atoms with van der Waals surface area (Å²) in [5.41, 5.74) is 1.05. The summed E-state index contributed by atoms with van der Waals surface area (Å²) >= 11 is 1.61. The summed E-state index contributed by atoms with van der Waals surface area (Å²) in [5, 5.41) is 10.3. The molecule has 1 spiro atoms. The van der Waals surface area contributed by atoms with E-state index in [1.807, 2.05) is 52.3 Å². The topological polar surface area (TPSA) is 81.2 Å². The zero-order chi connectivity index (χ0) is 27.7. The summed E-state index contributed by atoms with van der Waals surface area (Å²) < 4.78 is -0.843. The Hall–Kier alpha value is -2.58. The van der Waals surface area contributed by atoms with Crippen LogP contribution in [-0.2, 0) is 20.9 Å². The third-order valence-corrected chi connectivity index (χ3v) is 10.4. The van der Waals surface area contributed by atoms with Crippen molar-refractivity contribution in [2.45, 2.75) is 68.7 Å². The van der Waals surface area contributed by atoms with Crippen molar-refractivity contribution in [1.29, 1.82) is 0 Å². The van der Waals surface area contributed by atoms with Gasteiger partial charge >= 0.3 is 0 Å². The summed E-state index contributed by atoms with van der Waals surface area (Å²) in [5.74, 6) is -1.24. The number of carbonyl (C=O) groups excluding carboxylic acids is 3. The molecule has 210 valence electrons. The van der Waals surface area contributed by atoms with Gasteiger partial charge in [0.1, 0.15) is 6.04 Å². The van der Waals surface area contributed by atoms with Crippen molar-refractivity contribution in [1.82, 2.24) is 14.7 Å². The first-order chi connectivity index (χ1) is 18.8. The van der Waals surface area contributed by atoms with Crippen LogP contribution in [0.15, 0.2) is 54.6 Å². The molecule has 3 amide bonds. The zero-order valence-corrected chi connectivity index (χ0v) is 24.1. The molecule has 1 N–H and O–H groups in total. The molecule has 1 aromatic rings. The molecular weight excluding hydrogens is 510 g/mol. The molecule has 4 aliphatic rings. The lowest BCUT2D eigenvalue weighted by Crippen LogP contribution is -2.56. The quantitative estimate of drug-likeness (QED) is 0.476. The Morgan fingerprint density at radius 1 is 1.03 bits per heavy atom. The molecule has 6 atom stereocenters. The van der Waals surface area contributed by atoms with Crippen molar-refractivity contribution in [2.24, 2.45) is 17.8 Å². The standard InChI is InChI=1S/C31H41N3O4S/c1-4-5-15-32-17-10-14-31-26(29(37)34(27(31)30(32)38)23(20-35)18-21(2)3)25-24(39-31)13-9-16-33(28(25)36)19-22-11-7-6-8-12-22/h6-14,21,23-27,35H,4-5,15-20H2,1-3H3/t23-,24+,25-,26+,27?,31+/m1/s1. The minimum atomic E-state index is -0.843. The maximum absolute atomic E-state index is 14.5. The van der Waals surface area contributed by atoms with E-state index < -0.39 is 28.7 Å². The molecule has 2 fully saturated rings. The molecule has 1 aromatic carbocycles. The van der Waals surface area contributed by atoms with Crippen LogP contribution in [0.3, 0.4) is 0 Å². The first-order valence-corrected chi connectivity index (χ1v) is 15.3. The first-order valence-electron chi connectivity index (χ1n) is 14.4. The number of amides is 3. The third kappa shape index (κ3) is 4.95. The van der Waals surface area contributed by atoms with Crippen molar-refractivity contribution < 1.29 is 19.5 Å². The van der Waals surface area contributed by atoms with E-state index in [1.165, 1.54) is 0 Å². The molecule has 0 aromatic heterocycles. The van der Waals surface area contributed by atoms with Crippen LogP contribution in [0, 0.1) is 17.8 Å². The van der Waals surface area contributed by atoms with Crippen LogP contribution < -0.4 is 0 Å². The number of aliphatic hydroxyl groups is 1. The second-order valence-electron chi connectivity index (χ2n) is 11.7. The maximum Gasteiger partial charge on any atom is 0.247 e. The third-order valence-electron chi connectivity index (χ3n) is 8.61. The lowest BCUT2D eigenvalue weighted by Gasteiger charge is -2.39. The molecule has 0 aliphatic carbocycles. The van der Waals surface area contributed by atoms with Gasteiger partial charge in [-0.05, 0) is 24.3 Å². The maximum atomic E-state index is 14.5. The fourth-order valence-corrected chi connectivity index (χ4v) is 8.88. The molecule has 39 heavy (non-hydrogen) atoms. The highest BCUT2D eigenvalue weighted by atomic mass is 32.2. The second-order valence-corrected chi connectivity index (χ2v) is 13.2. The van der Waals surface area contributed by atoms with Gasteiger partial charge in [0.2, 0.25) is 17.7 Å². The van der Waals surface area contributed by atoms with Gasteiger partial charge in [-0.25, -0.2) is 0 Å². The number of fused-ring (bicyclic) bond motifs is 2. The zero-order valence-electron chi connectivity index (χ0n) is 23.2. The van der Waals surface area contributed by atoms with Crippen LogP contribution in [0.25, 0.3) is 0 Å². The Balaban J connectivity index is 1.56.